The lowest BCUT2D eigenvalue weighted by Crippen LogP contribution is -2.47. The van der Waals surface area contributed by atoms with Crippen molar-refractivity contribution in [2.24, 2.45) is 23.2 Å². The number of hydrogen-bond acceptors (Lipinski definition) is 2. The molecule has 0 heterocycles. The Kier molecular flexibility index (Phi) is 4.28. The predicted octanol–water partition coefficient (Wildman–Crippen LogP) is 4.18. The van der Waals surface area contributed by atoms with Gasteiger partial charge in [-0.05, 0) is 87.2 Å². The molecule has 0 spiro atoms. The molecule has 130 valence electrons. The van der Waals surface area contributed by atoms with Gasteiger partial charge in [0.15, 0.2) is 6.10 Å². The Morgan fingerprint density at radius 3 is 2.29 bits per heavy atom. The molecule has 1 aromatic rings. The SMILES string of the molecule is CC(Oc1ccccc1)C(=O)NCCC12CC3CC(CC(C3)C1)C2. The Morgan fingerprint density at radius 1 is 1.12 bits per heavy atom. The fourth-order valence-electron chi connectivity index (χ4n) is 5.95. The van der Waals surface area contributed by atoms with E-state index in [4.69, 9.17) is 4.74 Å². The van der Waals surface area contributed by atoms with Gasteiger partial charge in [-0.2, -0.15) is 0 Å². The summed E-state index contributed by atoms with van der Waals surface area (Å²) in [5.74, 6) is 3.69. The van der Waals surface area contributed by atoms with Gasteiger partial charge in [-0.25, -0.2) is 0 Å². The predicted molar refractivity (Wildman–Crippen MR) is 94.8 cm³/mol. The topological polar surface area (TPSA) is 38.3 Å². The van der Waals surface area contributed by atoms with E-state index in [1.807, 2.05) is 37.3 Å². The summed E-state index contributed by atoms with van der Waals surface area (Å²) in [5, 5.41) is 3.11. The van der Waals surface area contributed by atoms with E-state index in [2.05, 4.69) is 5.32 Å². The van der Waals surface area contributed by atoms with Crippen LogP contribution in [0, 0.1) is 23.2 Å². The molecule has 5 rings (SSSR count). The minimum absolute atomic E-state index is 0.00332. The summed E-state index contributed by atoms with van der Waals surface area (Å²) in [7, 11) is 0. The van der Waals surface area contributed by atoms with Crippen molar-refractivity contribution in [1.82, 2.24) is 5.32 Å². The molecule has 3 nitrogen and oxygen atoms in total. The number of carbonyl (C=O) groups excluding carboxylic acids is 1. The lowest BCUT2D eigenvalue weighted by molar-refractivity contribution is -0.127. The van der Waals surface area contributed by atoms with Crippen LogP contribution in [0.15, 0.2) is 30.3 Å². The highest BCUT2D eigenvalue weighted by molar-refractivity contribution is 5.80. The average Bonchev–Trinajstić information content (AvgIpc) is 2.54. The van der Waals surface area contributed by atoms with Crippen molar-refractivity contribution >= 4 is 5.91 Å². The smallest absolute Gasteiger partial charge is 0.260 e. The molecule has 3 heteroatoms. The minimum atomic E-state index is -0.441. The molecule has 4 aliphatic carbocycles. The Bertz CT molecular complexity index is 547. The zero-order valence-electron chi connectivity index (χ0n) is 14.7. The summed E-state index contributed by atoms with van der Waals surface area (Å²) in [5.41, 5.74) is 0.533. The van der Waals surface area contributed by atoms with E-state index in [9.17, 15) is 4.79 Å². The van der Waals surface area contributed by atoms with Gasteiger partial charge in [-0.1, -0.05) is 18.2 Å². The van der Waals surface area contributed by atoms with Crippen molar-refractivity contribution in [2.75, 3.05) is 6.54 Å². The molecule has 1 unspecified atom stereocenters. The van der Waals surface area contributed by atoms with Gasteiger partial charge in [-0.3, -0.25) is 4.79 Å². The molecule has 0 aromatic heterocycles. The first-order chi connectivity index (χ1) is 11.6. The maximum absolute atomic E-state index is 12.3. The van der Waals surface area contributed by atoms with Crippen LogP contribution in [0.3, 0.4) is 0 Å². The third-order valence-corrected chi connectivity index (χ3v) is 6.54. The van der Waals surface area contributed by atoms with E-state index in [1.54, 1.807) is 0 Å². The molecule has 0 saturated heterocycles. The molecule has 24 heavy (non-hydrogen) atoms. The molecule has 1 amide bonds. The van der Waals surface area contributed by atoms with Gasteiger partial charge in [0, 0.05) is 6.54 Å². The fourth-order valence-corrected chi connectivity index (χ4v) is 5.95. The third kappa shape index (κ3) is 3.31. The van der Waals surface area contributed by atoms with Crippen molar-refractivity contribution in [3.05, 3.63) is 30.3 Å². The first-order valence-electron chi connectivity index (χ1n) is 9.61. The molecule has 0 aliphatic heterocycles. The van der Waals surface area contributed by atoms with Crippen LogP contribution in [0.25, 0.3) is 0 Å². The van der Waals surface area contributed by atoms with E-state index in [0.717, 1.165) is 36.5 Å². The van der Waals surface area contributed by atoms with Crippen molar-refractivity contribution < 1.29 is 9.53 Å². The number of ether oxygens (including phenoxy) is 1. The second kappa shape index (κ2) is 6.42. The van der Waals surface area contributed by atoms with Crippen molar-refractivity contribution in [3.8, 4) is 5.75 Å². The first-order valence-corrected chi connectivity index (χ1v) is 9.61. The summed E-state index contributed by atoms with van der Waals surface area (Å²) in [6.45, 7) is 2.63. The summed E-state index contributed by atoms with van der Waals surface area (Å²) in [6.07, 6.45) is 9.37. The maximum atomic E-state index is 12.3. The van der Waals surface area contributed by atoms with Crippen LogP contribution < -0.4 is 10.1 Å². The van der Waals surface area contributed by atoms with Gasteiger partial charge in [0.25, 0.3) is 5.91 Å². The Labute approximate surface area is 145 Å². The Morgan fingerprint density at radius 2 is 1.71 bits per heavy atom. The van der Waals surface area contributed by atoms with Gasteiger partial charge in [0.05, 0.1) is 0 Å². The number of carbonyl (C=O) groups is 1. The van der Waals surface area contributed by atoms with Crippen LogP contribution in [0.4, 0.5) is 0 Å². The van der Waals surface area contributed by atoms with Crippen molar-refractivity contribution in [3.63, 3.8) is 0 Å². The largest absolute Gasteiger partial charge is 0.481 e. The van der Waals surface area contributed by atoms with E-state index in [-0.39, 0.29) is 5.91 Å². The van der Waals surface area contributed by atoms with Crippen LogP contribution in [-0.2, 0) is 4.79 Å². The number of benzene rings is 1. The summed E-state index contributed by atoms with van der Waals surface area (Å²) in [4.78, 5) is 12.3. The molecule has 4 fully saturated rings. The van der Waals surface area contributed by atoms with Crippen LogP contribution in [0.1, 0.15) is 51.9 Å². The lowest BCUT2D eigenvalue weighted by atomic mass is 9.49. The normalized spacial score (nSPS) is 34.8. The molecule has 4 bridgehead atoms. The molecule has 4 saturated carbocycles. The molecule has 1 atom stereocenters. The molecule has 0 radical (unpaired) electrons. The fraction of sp³-hybridized carbons (Fsp3) is 0.667. The van der Waals surface area contributed by atoms with Crippen LogP contribution in [0.5, 0.6) is 5.75 Å². The third-order valence-electron chi connectivity index (χ3n) is 6.54. The Hall–Kier alpha value is -1.51. The van der Waals surface area contributed by atoms with E-state index in [0.29, 0.717) is 5.41 Å². The molecule has 4 aliphatic rings. The number of amides is 1. The van der Waals surface area contributed by atoms with Crippen molar-refractivity contribution in [2.45, 2.75) is 58.0 Å². The average molecular weight is 327 g/mol. The number of hydrogen-bond donors (Lipinski definition) is 1. The number of nitrogens with one attached hydrogen (secondary N) is 1. The second-order valence-corrected chi connectivity index (χ2v) is 8.53. The second-order valence-electron chi connectivity index (χ2n) is 8.53. The summed E-state index contributed by atoms with van der Waals surface area (Å²) >= 11 is 0. The van der Waals surface area contributed by atoms with Crippen LogP contribution >= 0.6 is 0 Å². The van der Waals surface area contributed by atoms with Gasteiger partial charge >= 0.3 is 0 Å². The lowest BCUT2D eigenvalue weighted by Gasteiger charge is -2.57. The van der Waals surface area contributed by atoms with Crippen molar-refractivity contribution in [1.29, 1.82) is 0 Å². The van der Waals surface area contributed by atoms with Gasteiger partial charge in [-0.15, -0.1) is 0 Å². The summed E-state index contributed by atoms with van der Waals surface area (Å²) in [6, 6.07) is 9.57. The monoisotopic (exact) mass is 327 g/mol. The quantitative estimate of drug-likeness (QED) is 0.851. The molecule has 1 N–H and O–H groups in total. The molecule has 1 aromatic carbocycles. The number of rotatable bonds is 6. The van der Waals surface area contributed by atoms with E-state index >= 15 is 0 Å². The van der Waals surface area contributed by atoms with E-state index < -0.39 is 6.10 Å². The van der Waals surface area contributed by atoms with Crippen LogP contribution in [0.2, 0.25) is 0 Å². The highest BCUT2D eigenvalue weighted by Crippen LogP contribution is 2.61. The maximum Gasteiger partial charge on any atom is 0.260 e. The van der Waals surface area contributed by atoms with Gasteiger partial charge < -0.3 is 10.1 Å². The van der Waals surface area contributed by atoms with Gasteiger partial charge in [0.2, 0.25) is 0 Å². The van der Waals surface area contributed by atoms with E-state index in [1.165, 1.54) is 38.5 Å². The molecular formula is C21H29NO2. The first kappa shape index (κ1) is 16.0. The Balaban J connectivity index is 1.26. The highest BCUT2D eigenvalue weighted by Gasteiger charge is 2.50. The van der Waals surface area contributed by atoms with Gasteiger partial charge in [0.1, 0.15) is 5.75 Å². The minimum Gasteiger partial charge on any atom is -0.481 e. The molecular weight excluding hydrogens is 298 g/mol. The standard InChI is InChI=1S/C21H29NO2/c1-15(24-19-5-3-2-4-6-19)20(23)22-8-7-21-12-16-9-17(13-21)11-18(10-16)14-21/h2-6,15-18H,7-14H2,1H3,(H,22,23). The highest BCUT2D eigenvalue weighted by atomic mass is 16.5. The zero-order valence-corrected chi connectivity index (χ0v) is 14.7. The zero-order chi connectivity index (χ0) is 16.6. The van der Waals surface area contributed by atoms with Crippen LogP contribution in [-0.4, -0.2) is 18.6 Å². The number of para-hydroxylation sites is 1. The summed E-state index contributed by atoms with van der Waals surface area (Å²) < 4.78 is 5.71.